The molecule has 0 bridgehead atoms. The number of anilines is 2. The van der Waals surface area contributed by atoms with Gasteiger partial charge in [0.2, 0.25) is 0 Å². The normalized spacial score (nSPS) is 11.9. The number of aryl methyl sites for hydroxylation is 1. The number of para-hydroxylation sites is 2. The number of methoxy groups -OCH3 is 2. The van der Waals surface area contributed by atoms with E-state index in [9.17, 15) is 13.2 Å². The Kier molecular flexibility index (Phi) is 8.01. The second-order valence-electron chi connectivity index (χ2n) is 7.49. The molecule has 3 rings (SSSR count). The monoisotopic (exact) mass is 484 g/mol. The predicted octanol–water partition coefficient (Wildman–Crippen LogP) is 4.61. The first-order valence-corrected chi connectivity index (χ1v) is 12.1. The number of nitrogens with one attached hydrogen (secondary N) is 2. The number of hydrogen-bond acceptors (Lipinski definition) is 6. The van der Waals surface area contributed by atoms with Crippen LogP contribution in [0.2, 0.25) is 0 Å². The standard InChI is InChI=1S/C25H28N2O6S/c1-5-21(33-24-9-7-6-8-23(24)32-4)25(28)26-18-11-13-19(14-12-18)34(29,30)27-20-16-17(2)10-15-22(20)31-3/h6-16,21,27H,5H2,1-4H3,(H,26,28)/t21-/m0/s1. The van der Waals surface area contributed by atoms with Crippen molar-refractivity contribution in [3.05, 3.63) is 72.3 Å². The molecule has 0 unspecified atom stereocenters. The van der Waals surface area contributed by atoms with E-state index in [1.165, 1.54) is 38.5 Å². The van der Waals surface area contributed by atoms with Crippen molar-refractivity contribution < 1.29 is 27.4 Å². The van der Waals surface area contributed by atoms with E-state index in [0.29, 0.717) is 35.0 Å². The Morgan fingerprint density at radius 2 is 1.56 bits per heavy atom. The topological polar surface area (TPSA) is 103 Å². The summed E-state index contributed by atoms with van der Waals surface area (Å²) in [5.41, 5.74) is 1.68. The van der Waals surface area contributed by atoms with Gasteiger partial charge < -0.3 is 19.5 Å². The molecule has 0 saturated heterocycles. The Bertz CT molecular complexity index is 1240. The first-order chi connectivity index (χ1) is 16.3. The van der Waals surface area contributed by atoms with Gasteiger partial charge in [0.25, 0.3) is 15.9 Å². The van der Waals surface area contributed by atoms with Crippen LogP contribution in [-0.4, -0.2) is 34.6 Å². The highest BCUT2D eigenvalue weighted by atomic mass is 32.2. The smallest absolute Gasteiger partial charge is 0.265 e. The van der Waals surface area contributed by atoms with E-state index in [0.717, 1.165) is 5.56 Å². The Balaban J connectivity index is 1.71. The van der Waals surface area contributed by atoms with Crippen molar-refractivity contribution in [2.45, 2.75) is 31.3 Å². The van der Waals surface area contributed by atoms with Gasteiger partial charge >= 0.3 is 0 Å². The third kappa shape index (κ3) is 5.99. The van der Waals surface area contributed by atoms with Crippen molar-refractivity contribution in [2.75, 3.05) is 24.3 Å². The van der Waals surface area contributed by atoms with E-state index >= 15 is 0 Å². The van der Waals surface area contributed by atoms with Gasteiger partial charge in [-0.3, -0.25) is 9.52 Å². The van der Waals surface area contributed by atoms with Gasteiger partial charge in [-0.2, -0.15) is 0 Å². The van der Waals surface area contributed by atoms with Crippen LogP contribution in [0, 0.1) is 6.92 Å². The molecule has 3 aromatic carbocycles. The van der Waals surface area contributed by atoms with Crippen LogP contribution in [0.4, 0.5) is 11.4 Å². The van der Waals surface area contributed by atoms with Crippen molar-refractivity contribution in [3.63, 3.8) is 0 Å². The maximum Gasteiger partial charge on any atom is 0.265 e. The Morgan fingerprint density at radius 3 is 2.18 bits per heavy atom. The van der Waals surface area contributed by atoms with Crippen molar-refractivity contribution in [1.29, 1.82) is 0 Å². The Labute approximate surface area is 199 Å². The van der Waals surface area contributed by atoms with Crippen molar-refractivity contribution in [1.82, 2.24) is 0 Å². The number of amides is 1. The molecule has 0 spiro atoms. The van der Waals surface area contributed by atoms with Crippen molar-refractivity contribution in [3.8, 4) is 17.2 Å². The molecular formula is C25H28N2O6S. The molecular weight excluding hydrogens is 456 g/mol. The molecule has 0 fully saturated rings. The summed E-state index contributed by atoms with van der Waals surface area (Å²) in [7, 11) is -0.855. The minimum Gasteiger partial charge on any atom is -0.495 e. The summed E-state index contributed by atoms with van der Waals surface area (Å²) in [5.74, 6) is 1.05. The maximum absolute atomic E-state index is 12.8. The van der Waals surface area contributed by atoms with Crippen LogP contribution in [0.1, 0.15) is 18.9 Å². The third-order valence-electron chi connectivity index (χ3n) is 5.03. The highest BCUT2D eigenvalue weighted by Crippen LogP contribution is 2.29. The van der Waals surface area contributed by atoms with E-state index in [1.54, 1.807) is 30.3 Å². The fourth-order valence-corrected chi connectivity index (χ4v) is 4.30. The van der Waals surface area contributed by atoms with Crippen LogP contribution < -0.4 is 24.2 Å². The van der Waals surface area contributed by atoms with Crippen molar-refractivity contribution in [2.24, 2.45) is 0 Å². The summed E-state index contributed by atoms with van der Waals surface area (Å²) in [4.78, 5) is 12.8. The first kappa shape index (κ1) is 24.9. The number of rotatable bonds is 10. The summed E-state index contributed by atoms with van der Waals surface area (Å²) in [6.45, 7) is 3.69. The van der Waals surface area contributed by atoms with E-state index in [-0.39, 0.29) is 10.8 Å². The van der Waals surface area contributed by atoms with Crippen LogP contribution in [0.3, 0.4) is 0 Å². The number of carbonyl (C=O) groups is 1. The zero-order valence-corrected chi connectivity index (χ0v) is 20.3. The third-order valence-corrected chi connectivity index (χ3v) is 6.41. The SMILES string of the molecule is CC[C@H](Oc1ccccc1OC)C(=O)Nc1ccc(S(=O)(=O)Nc2cc(C)ccc2OC)cc1. The summed E-state index contributed by atoms with van der Waals surface area (Å²) in [5, 5.41) is 2.76. The molecule has 180 valence electrons. The van der Waals surface area contributed by atoms with Gasteiger partial charge in [0.05, 0.1) is 24.8 Å². The average molecular weight is 485 g/mol. The highest BCUT2D eigenvalue weighted by molar-refractivity contribution is 7.92. The van der Waals surface area contributed by atoms with Crippen LogP contribution in [0.15, 0.2) is 71.6 Å². The zero-order chi connectivity index (χ0) is 24.7. The fraction of sp³-hybridized carbons (Fsp3) is 0.240. The minimum absolute atomic E-state index is 0.0476. The molecule has 9 heteroatoms. The van der Waals surface area contributed by atoms with Gasteiger partial charge in [0, 0.05) is 5.69 Å². The molecule has 0 saturated carbocycles. The molecule has 0 radical (unpaired) electrons. The van der Waals surface area contributed by atoms with Crippen LogP contribution in [0.25, 0.3) is 0 Å². The summed E-state index contributed by atoms with van der Waals surface area (Å²) < 4.78 is 44.6. The van der Waals surface area contributed by atoms with Crippen LogP contribution in [0.5, 0.6) is 17.2 Å². The van der Waals surface area contributed by atoms with Crippen molar-refractivity contribution >= 4 is 27.3 Å². The fourth-order valence-electron chi connectivity index (χ4n) is 3.24. The van der Waals surface area contributed by atoms with E-state index in [4.69, 9.17) is 14.2 Å². The molecule has 2 N–H and O–H groups in total. The lowest BCUT2D eigenvalue weighted by atomic mass is 10.2. The first-order valence-electron chi connectivity index (χ1n) is 10.7. The molecule has 0 aliphatic heterocycles. The van der Waals surface area contributed by atoms with Gasteiger partial charge in [-0.15, -0.1) is 0 Å². The summed E-state index contributed by atoms with van der Waals surface area (Å²) in [6, 6.07) is 18.2. The number of benzene rings is 3. The molecule has 0 aliphatic rings. The highest BCUT2D eigenvalue weighted by Gasteiger charge is 2.21. The number of ether oxygens (including phenoxy) is 3. The molecule has 8 nitrogen and oxygen atoms in total. The average Bonchev–Trinajstić information content (AvgIpc) is 2.83. The molecule has 0 aliphatic carbocycles. The summed E-state index contributed by atoms with van der Waals surface area (Å²) in [6.07, 6.45) is -0.325. The zero-order valence-electron chi connectivity index (χ0n) is 19.5. The number of sulfonamides is 1. The second kappa shape index (κ2) is 10.9. The molecule has 1 amide bonds. The van der Waals surface area contributed by atoms with Gasteiger partial charge in [-0.05, 0) is 67.4 Å². The van der Waals surface area contributed by atoms with E-state index in [1.807, 2.05) is 26.0 Å². The Morgan fingerprint density at radius 1 is 0.912 bits per heavy atom. The van der Waals surface area contributed by atoms with Gasteiger partial charge in [0.15, 0.2) is 17.6 Å². The van der Waals surface area contributed by atoms with Crippen LogP contribution in [-0.2, 0) is 14.8 Å². The molecule has 0 aromatic heterocycles. The second-order valence-corrected chi connectivity index (χ2v) is 9.17. The van der Waals surface area contributed by atoms with Gasteiger partial charge in [0.1, 0.15) is 5.75 Å². The molecule has 0 heterocycles. The number of hydrogen-bond donors (Lipinski definition) is 2. The van der Waals surface area contributed by atoms with E-state index in [2.05, 4.69) is 10.0 Å². The largest absolute Gasteiger partial charge is 0.495 e. The molecule has 34 heavy (non-hydrogen) atoms. The summed E-state index contributed by atoms with van der Waals surface area (Å²) >= 11 is 0. The predicted molar refractivity (Wildman–Crippen MR) is 131 cm³/mol. The quantitative estimate of drug-likeness (QED) is 0.436. The van der Waals surface area contributed by atoms with Gasteiger partial charge in [-0.25, -0.2) is 8.42 Å². The molecule has 3 aromatic rings. The number of carbonyl (C=O) groups excluding carboxylic acids is 1. The van der Waals surface area contributed by atoms with Gasteiger partial charge in [-0.1, -0.05) is 25.1 Å². The Hall–Kier alpha value is -3.72. The molecule has 1 atom stereocenters. The van der Waals surface area contributed by atoms with E-state index < -0.39 is 16.1 Å². The maximum atomic E-state index is 12.8. The minimum atomic E-state index is -3.86. The lowest BCUT2D eigenvalue weighted by Gasteiger charge is -2.19. The lowest BCUT2D eigenvalue weighted by Crippen LogP contribution is -2.32. The lowest BCUT2D eigenvalue weighted by molar-refractivity contribution is -0.122. The van der Waals surface area contributed by atoms with Crippen LogP contribution >= 0.6 is 0 Å².